The minimum atomic E-state index is 0.180. The first-order chi connectivity index (χ1) is 8.09. The fourth-order valence-corrected chi connectivity index (χ4v) is 2.66. The van der Waals surface area contributed by atoms with Crippen LogP contribution in [-0.2, 0) is 19.0 Å². The van der Waals surface area contributed by atoms with Gasteiger partial charge in [-0.2, -0.15) is 0 Å². The van der Waals surface area contributed by atoms with E-state index in [1.807, 2.05) is 35.3 Å². The number of hydrogen-bond acceptors (Lipinski definition) is 3. The zero-order valence-corrected chi connectivity index (χ0v) is 11.4. The minimum Gasteiger partial charge on any atom is -0.337 e. The number of imidazole rings is 1. The number of nitrogens with one attached hydrogen (secondary N) is 1. The van der Waals surface area contributed by atoms with Crippen LogP contribution in [0.2, 0.25) is 0 Å². The first-order valence-electron chi connectivity index (χ1n) is 5.80. The van der Waals surface area contributed by atoms with E-state index in [0.717, 1.165) is 18.9 Å². The Hall–Kier alpha value is -1.13. The quantitative estimate of drug-likeness (QED) is 0.882. The molecule has 0 aliphatic heterocycles. The van der Waals surface area contributed by atoms with Gasteiger partial charge >= 0.3 is 0 Å². The molecule has 17 heavy (non-hydrogen) atoms. The first kappa shape index (κ1) is 12.3. The molecule has 0 unspecified atom stereocenters. The lowest BCUT2D eigenvalue weighted by molar-refractivity contribution is 0.469. The van der Waals surface area contributed by atoms with Crippen LogP contribution in [0.15, 0.2) is 29.9 Å². The maximum atomic E-state index is 4.30. The molecule has 0 aromatic carbocycles. The van der Waals surface area contributed by atoms with Gasteiger partial charge in [-0.1, -0.05) is 19.9 Å². The number of hydrogen-bond donors (Lipinski definition) is 1. The van der Waals surface area contributed by atoms with E-state index in [4.69, 9.17) is 0 Å². The van der Waals surface area contributed by atoms with Gasteiger partial charge in [0.25, 0.3) is 0 Å². The van der Waals surface area contributed by atoms with Crippen LogP contribution >= 0.6 is 11.3 Å². The Bertz CT molecular complexity index is 457. The Kier molecular flexibility index (Phi) is 3.64. The Morgan fingerprint density at radius 3 is 2.88 bits per heavy atom. The van der Waals surface area contributed by atoms with Crippen molar-refractivity contribution in [3.8, 4) is 0 Å². The van der Waals surface area contributed by atoms with Crippen molar-refractivity contribution in [1.82, 2.24) is 14.9 Å². The smallest absolute Gasteiger partial charge is 0.122 e. The van der Waals surface area contributed by atoms with Crippen molar-refractivity contribution in [3.63, 3.8) is 0 Å². The monoisotopic (exact) mass is 249 g/mol. The normalized spacial score (nSPS) is 11.9. The highest BCUT2D eigenvalue weighted by Gasteiger charge is 2.21. The highest BCUT2D eigenvalue weighted by Crippen LogP contribution is 2.26. The second-order valence-corrected chi connectivity index (χ2v) is 5.87. The summed E-state index contributed by atoms with van der Waals surface area (Å²) >= 11 is 1.82. The second-order valence-electron chi connectivity index (χ2n) is 4.92. The van der Waals surface area contributed by atoms with E-state index in [1.54, 1.807) is 0 Å². The molecule has 0 bridgehead atoms. The van der Waals surface area contributed by atoms with Gasteiger partial charge in [-0.15, -0.1) is 11.3 Å². The van der Waals surface area contributed by atoms with E-state index >= 15 is 0 Å². The molecule has 0 amide bonds. The molecule has 0 radical (unpaired) electrons. The summed E-state index contributed by atoms with van der Waals surface area (Å²) in [5.74, 6) is 1.08. The molecule has 0 aliphatic carbocycles. The number of nitrogens with zero attached hydrogens (tertiary/aromatic N) is 2. The highest BCUT2D eigenvalue weighted by molar-refractivity contribution is 7.10. The van der Waals surface area contributed by atoms with Gasteiger partial charge < -0.3 is 9.88 Å². The molecule has 2 aromatic heterocycles. The summed E-state index contributed by atoms with van der Waals surface area (Å²) < 4.78 is 2.05. The zero-order valence-electron chi connectivity index (χ0n) is 10.6. The molecule has 2 heterocycles. The van der Waals surface area contributed by atoms with Crippen LogP contribution in [0.4, 0.5) is 0 Å². The summed E-state index contributed by atoms with van der Waals surface area (Å²) in [6, 6.07) is 4.31. The number of aryl methyl sites for hydroxylation is 1. The predicted octanol–water partition coefficient (Wildman–Crippen LogP) is 2.55. The van der Waals surface area contributed by atoms with Crippen molar-refractivity contribution in [2.75, 3.05) is 6.54 Å². The first-order valence-corrected chi connectivity index (χ1v) is 6.68. The molecule has 0 saturated carbocycles. The maximum Gasteiger partial charge on any atom is 0.122 e. The van der Waals surface area contributed by atoms with Gasteiger partial charge in [-0.3, -0.25) is 0 Å². The molecule has 0 atom stereocenters. The van der Waals surface area contributed by atoms with E-state index in [1.165, 1.54) is 4.88 Å². The summed E-state index contributed by atoms with van der Waals surface area (Å²) in [7, 11) is 2.02. The summed E-state index contributed by atoms with van der Waals surface area (Å²) in [4.78, 5) is 5.72. The Labute approximate surface area is 107 Å². The van der Waals surface area contributed by atoms with Crippen LogP contribution in [-0.4, -0.2) is 16.1 Å². The van der Waals surface area contributed by atoms with Crippen LogP contribution in [0.5, 0.6) is 0 Å². The summed E-state index contributed by atoms with van der Waals surface area (Å²) in [6.45, 7) is 6.31. The molecule has 2 aromatic rings. The summed E-state index contributed by atoms with van der Waals surface area (Å²) in [6.07, 6.45) is 3.81. The van der Waals surface area contributed by atoms with E-state index in [-0.39, 0.29) is 5.41 Å². The van der Waals surface area contributed by atoms with Gasteiger partial charge in [-0.05, 0) is 11.4 Å². The fourth-order valence-electron chi connectivity index (χ4n) is 1.80. The van der Waals surface area contributed by atoms with Crippen LogP contribution in [0.25, 0.3) is 0 Å². The second kappa shape index (κ2) is 5.02. The van der Waals surface area contributed by atoms with E-state index < -0.39 is 0 Å². The zero-order chi connectivity index (χ0) is 12.3. The molecule has 0 saturated heterocycles. The lowest BCUT2D eigenvalue weighted by Crippen LogP contribution is -2.32. The molecule has 0 fully saturated rings. The van der Waals surface area contributed by atoms with E-state index in [9.17, 15) is 0 Å². The van der Waals surface area contributed by atoms with Crippen molar-refractivity contribution in [2.45, 2.75) is 25.8 Å². The number of aromatic nitrogens is 2. The van der Waals surface area contributed by atoms with Crippen molar-refractivity contribution in [3.05, 3.63) is 40.6 Å². The topological polar surface area (TPSA) is 29.9 Å². The van der Waals surface area contributed by atoms with Crippen LogP contribution < -0.4 is 5.32 Å². The van der Waals surface area contributed by atoms with Gasteiger partial charge in [0, 0.05) is 36.3 Å². The number of rotatable bonds is 5. The summed E-state index contributed by atoms with van der Waals surface area (Å²) in [5, 5.41) is 5.62. The molecule has 3 nitrogen and oxygen atoms in total. The van der Waals surface area contributed by atoms with E-state index in [2.05, 4.69) is 41.7 Å². The Balaban J connectivity index is 1.88. The van der Waals surface area contributed by atoms with Gasteiger partial charge in [0.2, 0.25) is 0 Å². The van der Waals surface area contributed by atoms with Crippen molar-refractivity contribution >= 4 is 11.3 Å². The molecule has 1 N–H and O–H groups in total. The van der Waals surface area contributed by atoms with Crippen LogP contribution in [0.3, 0.4) is 0 Å². The fraction of sp³-hybridized carbons (Fsp3) is 0.462. The van der Waals surface area contributed by atoms with Gasteiger partial charge in [-0.25, -0.2) is 4.98 Å². The van der Waals surface area contributed by atoms with Crippen molar-refractivity contribution in [2.24, 2.45) is 7.05 Å². The maximum absolute atomic E-state index is 4.30. The lowest BCUT2D eigenvalue weighted by atomic mass is 9.91. The molecular formula is C13H19N3S. The lowest BCUT2D eigenvalue weighted by Gasteiger charge is -2.23. The largest absolute Gasteiger partial charge is 0.337 e. The highest BCUT2D eigenvalue weighted by atomic mass is 32.1. The molecule has 2 rings (SSSR count). The van der Waals surface area contributed by atoms with Gasteiger partial charge in [0.05, 0.1) is 6.54 Å². The van der Waals surface area contributed by atoms with E-state index in [0.29, 0.717) is 0 Å². The number of thiophene rings is 1. The summed E-state index contributed by atoms with van der Waals surface area (Å²) in [5.41, 5.74) is 0.180. The minimum absolute atomic E-state index is 0.180. The third-order valence-electron chi connectivity index (χ3n) is 2.96. The van der Waals surface area contributed by atoms with Crippen molar-refractivity contribution in [1.29, 1.82) is 0 Å². The SMILES string of the molecule is Cn1ccnc1CNCC(C)(C)c1cccs1. The van der Waals surface area contributed by atoms with Crippen molar-refractivity contribution < 1.29 is 0 Å². The van der Waals surface area contributed by atoms with Crippen LogP contribution in [0.1, 0.15) is 24.5 Å². The Morgan fingerprint density at radius 1 is 1.47 bits per heavy atom. The third-order valence-corrected chi connectivity index (χ3v) is 4.20. The molecule has 0 spiro atoms. The third kappa shape index (κ3) is 2.96. The van der Waals surface area contributed by atoms with Crippen LogP contribution in [0, 0.1) is 0 Å². The van der Waals surface area contributed by atoms with Gasteiger partial charge in [0.15, 0.2) is 0 Å². The predicted molar refractivity (Wildman–Crippen MR) is 72.3 cm³/mol. The molecule has 92 valence electrons. The van der Waals surface area contributed by atoms with Gasteiger partial charge in [0.1, 0.15) is 5.82 Å². The molecule has 4 heteroatoms. The average molecular weight is 249 g/mol. The molecular weight excluding hydrogens is 230 g/mol. The average Bonchev–Trinajstić information content (AvgIpc) is 2.90. The standard InChI is InChI=1S/C13H19N3S/c1-13(2,11-5-4-8-17-11)10-14-9-12-15-6-7-16(12)3/h4-8,14H,9-10H2,1-3H3. The molecule has 0 aliphatic rings. The Morgan fingerprint density at radius 2 is 2.29 bits per heavy atom.